The SMILES string of the molecule is NC(=O)CC[C@H](NCCc1ccc(O)c(O)c1)C(=O)O. The number of phenolic OH excluding ortho intramolecular Hbond substituents is 2. The largest absolute Gasteiger partial charge is 0.504 e. The Morgan fingerprint density at radius 3 is 2.50 bits per heavy atom. The van der Waals surface area contributed by atoms with Crippen LogP contribution in [-0.2, 0) is 16.0 Å². The molecule has 0 aliphatic heterocycles. The number of hydrogen-bond acceptors (Lipinski definition) is 5. The molecule has 0 aliphatic rings. The van der Waals surface area contributed by atoms with Crippen molar-refractivity contribution in [2.24, 2.45) is 5.73 Å². The summed E-state index contributed by atoms with van der Waals surface area (Å²) in [6.07, 6.45) is 0.615. The number of benzene rings is 1. The molecule has 0 heterocycles. The first-order valence-electron chi connectivity index (χ1n) is 6.15. The van der Waals surface area contributed by atoms with E-state index in [4.69, 9.17) is 15.9 Å². The van der Waals surface area contributed by atoms with Crippen LogP contribution >= 0.6 is 0 Å². The normalized spacial score (nSPS) is 12.0. The Balaban J connectivity index is 2.45. The molecule has 110 valence electrons. The highest BCUT2D eigenvalue weighted by atomic mass is 16.4. The molecule has 0 radical (unpaired) electrons. The van der Waals surface area contributed by atoms with Crippen LogP contribution in [-0.4, -0.2) is 39.8 Å². The van der Waals surface area contributed by atoms with E-state index in [-0.39, 0.29) is 24.3 Å². The van der Waals surface area contributed by atoms with Crippen LogP contribution in [0.1, 0.15) is 18.4 Å². The summed E-state index contributed by atoms with van der Waals surface area (Å²) in [4.78, 5) is 21.6. The standard InChI is InChI=1S/C13H18N2O5/c14-12(18)4-2-9(13(19)20)15-6-5-8-1-3-10(16)11(17)7-8/h1,3,7,9,15-17H,2,4-6H2,(H2,14,18)(H,19,20)/t9-/m0/s1. The van der Waals surface area contributed by atoms with Crippen molar-refractivity contribution in [3.05, 3.63) is 23.8 Å². The highest BCUT2D eigenvalue weighted by Crippen LogP contribution is 2.24. The zero-order chi connectivity index (χ0) is 15.1. The van der Waals surface area contributed by atoms with Gasteiger partial charge in [-0.25, -0.2) is 0 Å². The van der Waals surface area contributed by atoms with Gasteiger partial charge in [0.25, 0.3) is 0 Å². The van der Waals surface area contributed by atoms with E-state index in [0.29, 0.717) is 13.0 Å². The highest BCUT2D eigenvalue weighted by molar-refractivity contribution is 5.77. The number of amides is 1. The molecule has 7 heteroatoms. The van der Waals surface area contributed by atoms with E-state index in [2.05, 4.69) is 5.32 Å². The average Bonchev–Trinajstić information content (AvgIpc) is 2.37. The van der Waals surface area contributed by atoms with Gasteiger partial charge in [0.2, 0.25) is 5.91 Å². The molecular weight excluding hydrogens is 264 g/mol. The third-order valence-electron chi connectivity index (χ3n) is 2.82. The fourth-order valence-corrected chi connectivity index (χ4v) is 1.71. The number of rotatable bonds is 8. The molecule has 0 saturated carbocycles. The van der Waals surface area contributed by atoms with Crippen LogP contribution in [0.3, 0.4) is 0 Å². The van der Waals surface area contributed by atoms with E-state index in [1.807, 2.05) is 0 Å². The highest BCUT2D eigenvalue weighted by Gasteiger charge is 2.17. The first-order chi connectivity index (χ1) is 9.40. The summed E-state index contributed by atoms with van der Waals surface area (Å²) in [6.45, 7) is 0.361. The Labute approximate surface area is 116 Å². The fourth-order valence-electron chi connectivity index (χ4n) is 1.71. The van der Waals surface area contributed by atoms with E-state index in [9.17, 15) is 14.7 Å². The summed E-state index contributed by atoms with van der Waals surface area (Å²) in [6, 6.07) is 3.58. The van der Waals surface area contributed by atoms with Crippen LogP contribution in [0, 0.1) is 0 Å². The van der Waals surface area contributed by atoms with Crippen LogP contribution in [0.5, 0.6) is 11.5 Å². The minimum atomic E-state index is -1.04. The summed E-state index contributed by atoms with van der Waals surface area (Å²) < 4.78 is 0. The monoisotopic (exact) mass is 282 g/mol. The maximum atomic E-state index is 11.0. The summed E-state index contributed by atoms with van der Waals surface area (Å²) in [5, 5.41) is 30.3. The minimum absolute atomic E-state index is 0.00393. The molecule has 6 N–H and O–H groups in total. The second-order valence-corrected chi connectivity index (χ2v) is 4.42. The number of carboxylic acids is 1. The van der Waals surface area contributed by atoms with E-state index >= 15 is 0 Å². The first-order valence-corrected chi connectivity index (χ1v) is 6.15. The van der Waals surface area contributed by atoms with Crippen molar-refractivity contribution in [2.45, 2.75) is 25.3 Å². The third-order valence-corrected chi connectivity index (χ3v) is 2.82. The van der Waals surface area contributed by atoms with E-state index in [1.165, 1.54) is 12.1 Å². The molecule has 1 aromatic carbocycles. The number of nitrogens with one attached hydrogen (secondary N) is 1. The predicted octanol–water partition coefficient (Wildman–Crippen LogP) is -0.0514. The number of hydrogen-bond donors (Lipinski definition) is 5. The quantitative estimate of drug-likeness (QED) is 0.424. The van der Waals surface area contributed by atoms with Gasteiger partial charge in [-0.2, -0.15) is 0 Å². The Morgan fingerprint density at radius 1 is 1.25 bits per heavy atom. The van der Waals surface area contributed by atoms with Gasteiger partial charge < -0.3 is 26.4 Å². The molecule has 0 bridgehead atoms. The van der Waals surface area contributed by atoms with E-state index in [1.54, 1.807) is 6.07 Å². The van der Waals surface area contributed by atoms with Gasteiger partial charge in [-0.15, -0.1) is 0 Å². The summed E-state index contributed by atoms with van der Waals surface area (Å²) >= 11 is 0. The van der Waals surface area contributed by atoms with Gasteiger partial charge >= 0.3 is 5.97 Å². The molecule has 1 aromatic rings. The van der Waals surface area contributed by atoms with Gasteiger partial charge in [0.15, 0.2) is 11.5 Å². The number of nitrogens with two attached hydrogens (primary N) is 1. The molecule has 1 amide bonds. The van der Waals surface area contributed by atoms with Gasteiger partial charge in [-0.3, -0.25) is 9.59 Å². The molecule has 0 spiro atoms. The van der Waals surface area contributed by atoms with Gasteiger partial charge in [0.1, 0.15) is 6.04 Å². The average molecular weight is 282 g/mol. The fraction of sp³-hybridized carbons (Fsp3) is 0.385. The number of carbonyl (C=O) groups is 2. The lowest BCUT2D eigenvalue weighted by Gasteiger charge is -2.13. The summed E-state index contributed by atoms with van der Waals surface area (Å²) in [5.41, 5.74) is 5.74. The lowest BCUT2D eigenvalue weighted by atomic mass is 10.1. The zero-order valence-electron chi connectivity index (χ0n) is 10.9. The third kappa shape index (κ3) is 5.15. The Morgan fingerprint density at radius 2 is 1.95 bits per heavy atom. The van der Waals surface area contributed by atoms with E-state index < -0.39 is 17.9 Å². The van der Waals surface area contributed by atoms with Crippen molar-refractivity contribution in [2.75, 3.05) is 6.54 Å². The van der Waals surface area contributed by atoms with Crippen molar-refractivity contribution in [3.8, 4) is 11.5 Å². The van der Waals surface area contributed by atoms with Crippen LogP contribution in [0.25, 0.3) is 0 Å². The molecule has 0 aliphatic carbocycles. The van der Waals surface area contributed by atoms with Gasteiger partial charge in [0, 0.05) is 6.42 Å². The lowest BCUT2D eigenvalue weighted by molar-refractivity contribution is -0.139. The zero-order valence-corrected chi connectivity index (χ0v) is 10.9. The number of phenols is 2. The number of carbonyl (C=O) groups excluding carboxylic acids is 1. The first kappa shape index (κ1) is 15.8. The molecule has 1 atom stereocenters. The summed E-state index contributed by atoms with van der Waals surface area (Å²) in [5.74, 6) is -2.00. The molecule has 0 unspecified atom stereocenters. The maximum Gasteiger partial charge on any atom is 0.320 e. The lowest BCUT2D eigenvalue weighted by Crippen LogP contribution is -2.38. The smallest absolute Gasteiger partial charge is 0.320 e. The van der Waals surface area contributed by atoms with E-state index in [0.717, 1.165) is 5.56 Å². The molecule has 0 aromatic heterocycles. The maximum absolute atomic E-state index is 11.0. The van der Waals surface area contributed by atoms with Crippen molar-refractivity contribution in [1.82, 2.24) is 5.32 Å². The molecule has 0 saturated heterocycles. The van der Waals surface area contributed by atoms with Crippen LogP contribution in [0.15, 0.2) is 18.2 Å². The van der Waals surface area contributed by atoms with Gasteiger partial charge in [0.05, 0.1) is 0 Å². The summed E-state index contributed by atoms with van der Waals surface area (Å²) in [7, 11) is 0. The Kier molecular flexibility index (Phi) is 5.79. The molecular formula is C13H18N2O5. The molecule has 1 rings (SSSR count). The molecule has 20 heavy (non-hydrogen) atoms. The van der Waals surface area contributed by atoms with Crippen molar-refractivity contribution >= 4 is 11.9 Å². The Hall–Kier alpha value is -2.28. The molecule has 0 fully saturated rings. The topological polar surface area (TPSA) is 133 Å². The second kappa shape index (κ2) is 7.34. The number of aliphatic carboxylic acids is 1. The van der Waals surface area contributed by atoms with Crippen LogP contribution in [0.2, 0.25) is 0 Å². The van der Waals surface area contributed by atoms with Crippen molar-refractivity contribution in [1.29, 1.82) is 0 Å². The van der Waals surface area contributed by atoms with Crippen molar-refractivity contribution < 1.29 is 24.9 Å². The number of carboxylic acid groups (broad SMARTS) is 1. The second-order valence-electron chi connectivity index (χ2n) is 4.42. The Bertz CT molecular complexity index is 490. The van der Waals surface area contributed by atoms with Crippen LogP contribution < -0.4 is 11.1 Å². The van der Waals surface area contributed by atoms with Gasteiger partial charge in [-0.05, 0) is 37.1 Å². The minimum Gasteiger partial charge on any atom is -0.504 e. The number of primary amides is 1. The number of aromatic hydroxyl groups is 2. The van der Waals surface area contributed by atoms with Crippen LogP contribution in [0.4, 0.5) is 0 Å². The molecule has 7 nitrogen and oxygen atoms in total. The predicted molar refractivity (Wildman–Crippen MR) is 71.3 cm³/mol. The van der Waals surface area contributed by atoms with Crippen molar-refractivity contribution in [3.63, 3.8) is 0 Å². The van der Waals surface area contributed by atoms with Gasteiger partial charge in [-0.1, -0.05) is 6.07 Å².